The van der Waals surface area contributed by atoms with Gasteiger partial charge in [0, 0.05) is 25.1 Å². The molecule has 0 unspecified atom stereocenters. The Kier molecular flexibility index (Phi) is 7.92. The van der Waals surface area contributed by atoms with Gasteiger partial charge in [0.1, 0.15) is 24.7 Å². The Morgan fingerprint density at radius 3 is 2.65 bits per heavy atom. The molecule has 3 aromatic rings. The SMILES string of the molecule is COCCN(CC(=O)N1CCc2sccc2[C@H]1COc1ccccc1)C(=O)c1ccccc1F. The summed E-state index contributed by atoms with van der Waals surface area (Å²) < 4.78 is 25.4. The molecule has 0 bridgehead atoms. The molecule has 1 atom stereocenters. The monoisotopic (exact) mass is 482 g/mol. The van der Waals surface area contributed by atoms with Crippen LogP contribution < -0.4 is 4.74 Å². The predicted octanol–water partition coefficient (Wildman–Crippen LogP) is 4.18. The smallest absolute Gasteiger partial charge is 0.257 e. The molecule has 1 aliphatic rings. The number of ether oxygens (including phenoxy) is 2. The molecule has 2 heterocycles. The second-order valence-corrected chi connectivity index (χ2v) is 8.98. The zero-order chi connectivity index (χ0) is 23.9. The van der Waals surface area contributed by atoms with Gasteiger partial charge in [-0.15, -0.1) is 11.3 Å². The fourth-order valence-corrected chi connectivity index (χ4v) is 5.01. The lowest BCUT2D eigenvalue weighted by atomic mass is 10.0. The van der Waals surface area contributed by atoms with Crippen molar-refractivity contribution in [2.24, 2.45) is 0 Å². The number of fused-ring (bicyclic) bond motifs is 1. The molecule has 178 valence electrons. The highest BCUT2D eigenvalue weighted by atomic mass is 32.1. The highest BCUT2D eigenvalue weighted by Crippen LogP contribution is 2.34. The summed E-state index contributed by atoms with van der Waals surface area (Å²) in [4.78, 5) is 30.9. The van der Waals surface area contributed by atoms with Crippen LogP contribution in [0.2, 0.25) is 0 Å². The van der Waals surface area contributed by atoms with Gasteiger partial charge < -0.3 is 19.3 Å². The van der Waals surface area contributed by atoms with E-state index in [1.165, 1.54) is 35.1 Å². The van der Waals surface area contributed by atoms with Crippen LogP contribution in [-0.4, -0.2) is 61.6 Å². The Hall–Kier alpha value is -3.23. The van der Waals surface area contributed by atoms with Crippen molar-refractivity contribution in [2.75, 3.05) is 40.0 Å². The van der Waals surface area contributed by atoms with E-state index >= 15 is 0 Å². The zero-order valence-electron chi connectivity index (χ0n) is 19.0. The third-order valence-corrected chi connectivity index (χ3v) is 6.85. The van der Waals surface area contributed by atoms with Crippen molar-refractivity contribution in [2.45, 2.75) is 12.5 Å². The predicted molar refractivity (Wildman–Crippen MR) is 129 cm³/mol. The lowest BCUT2D eigenvalue weighted by Gasteiger charge is -2.37. The molecule has 1 aliphatic heterocycles. The average molecular weight is 483 g/mol. The summed E-state index contributed by atoms with van der Waals surface area (Å²) in [6, 6.07) is 17.0. The van der Waals surface area contributed by atoms with Gasteiger partial charge in [-0.3, -0.25) is 9.59 Å². The van der Waals surface area contributed by atoms with E-state index < -0.39 is 11.7 Å². The van der Waals surface area contributed by atoms with Gasteiger partial charge in [0.25, 0.3) is 5.91 Å². The summed E-state index contributed by atoms with van der Waals surface area (Å²) >= 11 is 1.68. The van der Waals surface area contributed by atoms with Crippen LogP contribution in [0.25, 0.3) is 0 Å². The highest BCUT2D eigenvalue weighted by molar-refractivity contribution is 7.10. The second kappa shape index (κ2) is 11.3. The summed E-state index contributed by atoms with van der Waals surface area (Å²) in [7, 11) is 1.52. The van der Waals surface area contributed by atoms with Crippen LogP contribution in [0.1, 0.15) is 26.8 Å². The number of thiophene rings is 1. The molecular formula is C26H27FN2O4S. The molecule has 0 aliphatic carbocycles. The number of amides is 2. The Morgan fingerprint density at radius 2 is 1.88 bits per heavy atom. The quantitative estimate of drug-likeness (QED) is 0.459. The molecule has 34 heavy (non-hydrogen) atoms. The van der Waals surface area contributed by atoms with Crippen LogP contribution in [0.15, 0.2) is 66.0 Å². The highest BCUT2D eigenvalue weighted by Gasteiger charge is 2.34. The molecule has 1 aromatic heterocycles. The van der Waals surface area contributed by atoms with E-state index in [-0.39, 0.29) is 37.2 Å². The first kappa shape index (κ1) is 23.9. The molecule has 6 nitrogen and oxygen atoms in total. The van der Waals surface area contributed by atoms with Gasteiger partial charge in [0.15, 0.2) is 0 Å². The number of rotatable bonds is 9. The van der Waals surface area contributed by atoms with E-state index in [0.29, 0.717) is 13.2 Å². The van der Waals surface area contributed by atoms with E-state index in [0.717, 1.165) is 17.7 Å². The molecule has 0 radical (unpaired) electrons. The van der Waals surface area contributed by atoms with Crippen LogP contribution >= 0.6 is 11.3 Å². The maximum Gasteiger partial charge on any atom is 0.257 e. The molecule has 8 heteroatoms. The summed E-state index contributed by atoms with van der Waals surface area (Å²) in [5, 5.41) is 2.03. The summed E-state index contributed by atoms with van der Waals surface area (Å²) in [5.74, 6) is -0.626. The maximum atomic E-state index is 14.3. The van der Waals surface area contributed by atoms with Crippen LogP contribution in [0.4, 0.5) is 4.39 Å². The number of methoxy groups -OCH3 is 1. The number of nitrogens with zero attached hydrogens (tertiary/aromatic N) is 2. The van der Waals surface area contributed by atoms with E-state index in [1.54, 1.807) is 22.3 Å². The molecule has 2 amide bonds. The van der Waals surface area contributed by atoms with Crippen LogP contribution in [0.5, 0.6) is 5.75 Å². The number of hydrogen-bond donors (Lipinski definition) is 0. The normalized spacial score (nSPS) is 15.0. The molecule has 0 spiro atoms. The van der Waals surface area contributed by atoms with Crippen LogP contribution in [0, 0.1) is 5.82 Å². The Balaban J connectivity index is 1.53. The van der Waals surface area contributed by atoms with Gasteiger partial charge >= 0.3 is 0 Å². The standard InChI is InChI=1S/C26H27FN2O4S/c1-32-15-14-28(26(31)20-9-5-6-10-22(20)27)17-25(30)29-13-11-24-21(12-16-34-24)23(29)18-33-19-7-3-2-4-8-19/h2-10,12,16,23H,11,13-15,17-18H2,1H3/t23-/m1/s1. The average Bonchev–Trinajstić information content (AvgIpc) is 3.34. The molecule has 4 rings (SSSR count). The molecule has 0 saturated heterocycles. The molecule has 2 aromatic carbocycles. The molecular weight excluding hydrogens is 455 g/mol. The number of halogens is 1. The van der Waals surface area contributed by atoms with Crippen molar-refractivity contribution in [1.29, 1.82) is 0 Å². The van der Waals surface area contributed by atoms with Crippen molar-refractivity contribution in [3.8, 4) is 5.75 Å². The minimum Gasteiger partial charge on any atom is -0.491 e. The largest absolute Gasteiger partial charge is 0.491 e. The van der Waals surface area contributed by atoms with Crippen LogP contribution in [-0.2, 0) is 16.0 Å². The maximum absolute atomic E-state index is 14.3. The lowest BCUT2D eigenvalue weighted by Crippen LogP contribution is -2.48. The number of benzene rings is 2. The van der Waals surface area contributed by atoms with Crippen molar-refractivity contribution >= 4 is 23.2 Å². The molecule has 0 N–H and O–H groups in total. The fraction of sp³-hybridized carbons (Fsp3) is 0.308. The lowest BCUT2D eigenvalue weighted by molar-refractivity contribution is -0.135. The summed E-state index contributed by atoms with van der Waals surface area (Å²) in [6.07, 6.45) is 0.750. The first-order valence-corrected chi connectivity index (χ1v) is 12.0. The van der Waals surface area contributed by atoms with Gasteiger partial charge in [-0.25, -0.2) is 4.39 Å². The van der Waals surface area contributed by atoms with Gasteiger partial charge in [0.2, 0.25) is 5.91 Å². The minimum atomic E-state index is -0.614. The molecule has 0 saturated carbocycles. The number of hydrogen-bond acceptors (Lipinski definition) is 5. The van der Waals surface area contributed by atoms with E-state index in [2.05, 4.69) is 0 Å². The topological polar surface area (TPSA) is 59.1 Å². The fourth-order valence-electron chi connectivity index (χ4n) is 4.08. The summed E-state index contributed by atoms with van der Waals surface area (Å²) in [5.41, 5.74) is 1.01. The van der Waals surface area contributed by atoms with Gasteiger partial charge in [0.05, 0.1) is 18.2 Å². The van der Waals surface area contributed by atoms with Gasteiger partial charge in [-0.1, -0.05) is 30.3 Å². The van der Waals surface area contributed by atoms with E-state index in [9.17, 15) is 14.0 Å². The molecule has 0 fully saturated rings. The summed E-state index contributed by atoms with van der Waals surface area (Å²) in [6.45, 7) is 1.08. The minimum absolute atomic E-state index is 0.0610. The Morgan fingerprint density at radius 1 is 1.12 bits per heavy atom. The first-order valence-electron chi connectivity index (χ1n) is 11.1. The van der Waals surface area contributed by atoms with Crippen molar-refractivity contribution in [1.82, 2.24) is 9.80 Å². The van der Waals surface area contributed by atoms with E-state index in [4.69, 9.17) is 9.47 Å². The number of para-hydroxylation sites is 1. The Bertz CT molecular complexity index is 1120. The number of carbonyl (C=O) groups is 2. The van der Waals surface area contributed by atoms with Crippen molar-refractivity contribution in [3.63, 3.8) is 0 Å². The third-order valence-electron chi connectivity index (χ3n) is 5.85. The Labute approximate surface area is 202 Å². The van der Waals surface area contributed by atoms with Crippen molar-refractivity contribution < 1.29 is 23.5 Å². The zero-order valence-corrected chi connectivity index (χ0v) is 19.8. The van der Waals surface area contributed by atoms with E-state index in [1.807, 2.05) is 41.8 Å². The number of carbonyl (C=O) groups excluding carboxylic acids is 2. The first-order chi connectivity index (χ1) is 16.6. The second-order valence-electron chi connectivity index (χ2n) is 7.98. The van der Waals surface area contributed by atoms with Gasteiger partial charge in [-0.2, -0.15) is 0 Å². The van der Waals surface area contributed by atoms with Crippen molar-refractivity contribution in [3.05, 3.63) is 87.9 Å². The van der Waals surface area contributed by atoms with Crippen LogP contribution in [0.3, 0.4) is 0 Å². The van der Waals surface area contributed by atoms with Gasteiger partial charge in [-0.05, 0) is 47.7 Å². The third kappa shape index (κ3) is 5.46.